The molecule has 0 bridgehead atoms. The molecule has 2 aliphatic heterocycles. The van der Waals surface area contributed by atoms with E-state index in [-0.39, 0.29) is 11.8 Å². The summed E-state index contributed by atoms with van der Waals surface area (Å²) < 4.78 is 7.27. The fourth-order valence-electron chi connectivity index (χ4n) is 3.58. The Hall–Kier alpha value is -2.02. The van der Waals surface area contributed by atoms with E-state index in [2.05, 4.69) is 33.4 Å². The number of benzene rings is 2. The van der Waals surface area contributed by atoms with Crippen molar-refractivity contribution < 1.29 is 9.84 Å². The van der Waals surface area contributed by atoms with Crippen LogP contribution >= 0.6 is 38.9 Å². The number of nitrogens with zero attached hydrogens (tertiary/aromatic N) is 2. The van der Waals surface area contributed by atoms with E-state index in [1.165, 1.54) is 0 Å². The van der Waals surface area contributed by atoms with Gasteiger partial charge >= 0.3 is 0 Å². The number of hydrazone groups is 1. The molecule has 4 nitrogen and oxygen atoms in total. The summed E-state index contributed by atoms with van der Waals surface area (Å²) in [7, 11) is 0. The van der Waals surface area contributed by atoms with Crippen LogP contribution < -0.4 is 4.74 Å². The van der Waals surface area contributed by atoms with Crippen LogP contribution in [-0.2, 0) is 0 Å². The van der Waals surface area contributed by atoms with Gasteiger partial charge in [-0.15, -0.1) is 11.3 Å². The molecule has 2 unspecified atom stereocenters. The maximum atomic E-state index is 10.4. The van der Waals surface area contributed by atoms with Crippen molar-refractivity contribution in [3.8, 4) is 11.5 Å². The molecule has 0 amide bonds. The van der Waals surface area contributed by atoms with E-state index in [1.54, 1.807) is 29.5 Å². The Bertz CT molecular complexity index is 1050. The highest BCUT2D eigenvalue weighted by Crippen LogP contribution is 2.49. The molecule has 5 rings (SSSR count). The molecule has 136 valence electrons. The van der Waals surface area contributed by atoms with Gasteiger partial charge in [0, 0.05) is 21.5 Å². The minimum absolute atomic E-state index is 0.0340. The van der Waals surface area contributed by atoms with E-state index >= 15 is 0 Å². The van der Waals surface area contributed by atoms with Gasteiger partial charge in [0.15, 0.2) is 0 Å². The fraction of sp³-hybridized carbons (Fsp3) is 0.150. The largest absolute Gasteiger partial charge is 0.507 e. The van der Waals surface area contributed by atoms with Crippen LogP contribution in [-0.4, -0.2) is 15.8 Å². The Kier molecular flexibility index (Phi) is 4.15. The van der Waals surface area contributed by atoms with Crippen molar-refractivity contribution in [2.24, 2.45) is 5.10 Å². The number of phenolic OH excluding ortho intramolecular Hbond substituents is 1. The van der Waals surface area contributed by atoms with Crippen molar-refractivity contribution in [2.75, 3.05) is 0 Å². The quantitative estimate of drug-likeness (QED) is 0.500. The number of halogens is 2. The second-order valence-corrected chi connectivity index (χ2v) is 8.78. The van der Waals surface area contributed by atoms with Gasteiger partial charge in [0.2, 0.25) is 6.23 Å². The van der Waals surface area contributed by atoms with Crippen molar-refractivity contribution in [3.05, 3.63) is 79.4 Å². The van der Waals surface area contributed by atoms with Gasteiger partial charge in [-0.3, -0.25) is 0 Å². The molecule has 0 saturated carbocycles. The molecule has 27 heavy (non-hydrogen) atoms. The van der Waals surface area contributed by atoms with Gasteiger partial charge in [0.25, 0.3) is 0 Å². The summed E-state index contributed by atoms with van der Waals surface area (Å²) in [5.41, 5.74) is 2.72. The average molecular weight is 462 g/mol. The molecule has 3 aromatic rings. The van der Waals surface area contributed by atoms with E-state index in [0.29, 0.717) is 10.6 Å². The molecule has 0 saturated heterocycles. The second-order valence-electron chi connectivity index (χ2n) is 6.48. The smallest absolute Gasteiger partial charge is 0.217 e. The lowest BCUT2D eigenvalue weighted by Crippen LogP contribution is -2.33. The number of fused-ring (bicyclic) bond motifs is 3. The van der Waals surface area contributed by atoms with Gasteiger partial charge < -0.3 is 9.84 Å². The van der Waals surface area contributed by atoms with Crippen LogP contribution in [0.15, 0.2) is 63.5 Å². The summed E-state index contributed by atoms with van der Waals surface area (Å²) in [6.07, 6.45) is 0.241. The van der Waals surface area contributed by atoms with Crippen molar-refractivity contribution >= 4 is 44.6 Å². The zero-order valence-electron chi connectivity index (χ0n) is 14.0. The number of hydrogen-bond donors (Lipinski definition) is 1. The summed E-state index contributed by atoms with van der Waals surface area (Å²) >= 11 is 11.4. The molecule has 0 aliphatic carbocycles. The lowest BCUT2D eigenvalue weighted by Gasteiger charge is -2.38. The van der Waals surface area contributed by atoms with Gasteiger partial charge in [-0.1, -0.05) is 33.6 Å². The fourth-order valence-corrected chi connectivity index (χ4v) is 4.86. The Morgan fingerprint density at radius 1 is 1.19 bits per heavy atom. The zero-order valence-corrected chi connectivity index (χ0v) is 17.1. The van der Waals surface area contributed by atoms with E-state index in [9.17, 15) is 5.11 Å². The van der Waals surface area contributed by atoms with Gasteiger partial charge in [-0.2, -0.15) is 5.10 Å². The first-order valence-corrected chi connectivity index (χ1v) is 10.5. The molecule has 1 N–H and O–H groups in total. The van der Waals surface area contributed by atoms with Gasteiger partial charge in [0.05, 0.1) is 22.2 Å². The third-order valence-electron chi connectivity index (χ3n) is 4.81. The van der Waals surface area contributed by atoms with Crippen molar-refractivity contribution in [2.45, 2.75) is 18.7 Å². The normalized spacial score (nSPS) is 20.7. The Balaban J connectivity index is 1.65. The third kappa shape index (κ3) is 2.92. The monoisotopic (exact) mass is 460 g/mol. The number of aromatic hydroxyl groups is 1. The summed E-state index contributed by atoms with van der Waals surface area (Å²) in [5.74, 6) is 0.940. The molecule has 2 aromatic carbocycles. The Morgan fingerprint density at radius 2 is 2.07 bits per heavy atom. The number of hydrogen-bond acceptors (Lipinski definition) is 5. The molecular weight excluding hydrogens is 448 g/mol. The Labute approximate surface area is 173 Å². The van der Waals surface area contributed by atoms with Crippen LogP contribution in [0.1, 0.15) is 34.7 Å². The predicted octanol–water partition coefficient (Wildman–Crippen LogP) is 6.11. The van der Waals surface area contributed by atoms with Crippen LogP contribution in [0.3, 0.4) is 0 Å². The molecule has 1 aromatic heterocycles. The van der Waals surface area contributed by atoms with Crippen LogP contribution in [0.4, 0.5) is 0 Å². The van der Waals surface area contributed by atoms with E-state index in [0.717, 1.165) is 32.8 Å². The van der Waals surface area contributed by atoms with E-state index in [4.69, 9.17) is 21.4 Å². The average Bonchev–Trinajstić information content (AvgIpc) is 3.32. The molecule has 2 aliphatic rings. The van der Waals surface area contributed by atoms with Crippen LogP contribution in [0.5, 0.6) is 11.5 Å². The highest BCUT2D eigenvalue weighted by molar-refractivity contribution is 9.10. The van der Waals surface area contributed by atoms with Crippen molar-refractivity contribution in [3.63, 3.8) is 0 Å². The first kappa shape index (κ1) is 17.1. The molecule has 7 heteroatoms. The van der Waals surface area contributed by atoms with E-state index < -0.39 is 6.23 Å². The number of phenols is 1. The van der Waals surface area contributed by atoms with Crippen molar-refractivity contribution in [1.29, 1.82) is 0 Å². The van der Waals surface area contributed by atoms with Gasteiger partial charge in [-0.25, -0.2) is 5.01 Å². The maximum absolute atomic E-state index is 10.4. The molecule has 0 radical (unpaired) electrons. The standard InChI is InChI=1S/C20H14BrClN2O2S/c21-11-3-6-18-13(8-11)16-10-15(19-2-1-7-27-19)23-24(16)20(26-18)14-9-12(22)4-5-17(14)25/h1-9,16,20,25H,10H2. The summed E-state index contributed by atoms with van der Waals surface area (Å²) in [4.78, 5) is 1.15. The summed E-state index contributed by atoms with van der Waals surface area (Å²) in [5, 5.41) is 19.8. The topological polar surface area (TPSA) is 45.1 Å². The van der Waals surface area contributed by atoms with Crippen LogP contribution in [0, 0.1) is 0 Å². The number of ether oxygens (including phenoxy) is 1. The summed E-state index contributed by atoms with van der Waals surface area (Å²) in [6.45, 7) is 0. The zero-order chi connectivity index (χ0) is 18.5. The number of thiophene rings is 1. The van der Waals surface area contributed by atoms with Gasteiger partial charge in [0.1, 0.15) is 11.5 Å². The van der Waals surface area contributed by atoms with Crippen LogP contribution in [0.25, 0.3) is 0 Å². The number of rotatable bonds is 2. The van der Waals surface area contributed by atoms with Gasteiger partial charge in [-0.05, 0) is 47.8 Å². The minimum Gasteiger partial charge on any atom is -0.507 e. The molecule has 0 spiro atoms. The predicted molar refractivity (Wildman–Crippen MR) is 111 cm³/mol. The molecular formula is C20H14BrClN2O2S. The lowest BCUT2D eigenvalue weighted by atomic mass is 9.97. The molecule has 0 fully saturated rings. The summed E-state index contributed by atoms with van der Waals surface area (Å²) in [6, 6.07) is 15.1. The molecule has 2 atom stereocenters. The lowest BCUT2D eigenvalue weighted by molar-refractivity contribution is -0.0203. The van der Waals surface area contributed by atoms with Crippen molar-refractivity contribution in [1.82, 2.24) is 5.01 Å². The third-order valence-corrected chi connectivity index (χ3v) is 6.46. The van der Waals surface area contributed by atoms with Crippen LogP contribution in [0.2, 0.25) is 5.02 Å². The molecule has 3 heterocycles. The first-order valence-electron chi connectivity index (χ1n) is 8.44. The highest BCUT2D eigenvalue weighted by Gasteiger charge is 2.42. The van der Waals surface area contributed by atoms with E-state index in [1.807, 2.05) is 23.2 Å². The minimum atomic E-state index is -0.542. The first-order chi connectivity index (χ1) is 13.1. The maximum Gasteiger partial charge on any atom is 0.217 e. The Morgan fingerprint density at radius 3 is 2.89 bits per heavy atom. The second kappa shape index (κ2) is 6.55. The highest BCUT2D eigenvalue weighted by atomic mass is 79.9. The SMILES string of the molecule is Oc1ccc(Cl)cc1C1Oc2ccc(Br)cc2C2CC(c3cccs3)=NN21.